The molecule has 0 radical (unpaired) electrons. The lowest BCUT2D eigenvalue weighted by Gasteiger charge is -2.11. The summed E-state index contributed by atoms with van der Waals surface area (Å²) in [6.07, 6.45) is 6.51. The van der Waals surface area contributed by atoms with E-state index in [-0.39, 0.29) is 23.0 Å². The molecule has 0 heterocycles. The van der Waals surface area contributed by atoms with Crippen molar-refractivity contribution in [3.63, 3.8) is 0 Å². The zero-order valence-electron chi connectivity index (χ0n) is 13.2. The minimum absolute atomic E-state index is 0.0318. The highest BCUT2D eigenvalue weighted by atomic mass is 35.5. The molecule has 2 aromatic rings. The van der Waals surface area contributed by atoms with Gasteiger partial charge in [-0.15, -0.1) is 6.42 Å². The van der Waals surface area contributed by atoms with Gasteiger partial charge in [0.2, 0.25) is 0 Å². The van der Waals surface area contributed by atoms with Crippen LogP contribution in [-0.4, -0.2) is 12.5 Å². The molecule has 2 rings (SSSR count). The Morgan fingerprint density at radius 2 is 1.96 bits per heavy atom. The predicted molar refractivity (Wildman–Crippen MR) is 104 cm³/mol. The third kappa shape index (κ3) is 4.94. The van der Waals surface area contributed by atoms with Crippen LogP contribution in [0.4, 0.5) is 5.69 Å². The molecular weight excluding hydrogens is 395 g/mol. The topological polar surface area (TPSA) is 62.1 Å². The van der Waals surface area contributed by atoms with Gasteiger partial charge in [-0.25, -0.2) is 0 Å². The van der Waals surface area contributed by atoms with E-state index in [1.165, 1.54) is 18.2 Å². The molecule has 0 saturated carbocycles. The number of ether oxygens (including phenoxy) is 1. The smallest absolute Gasteiger partial charge is 0.266 e. The molecule has 1 amide bonds. The molecule has 0 spiro atoms. The van der Waals surface area contributed by atoms with Gasteiger partial charge in [0.1, 0.15) is 24.0 Å². The first kappa shape index (κ1) is 19.7. The van der Waals surface area contributed by atoms with Crippen molar-refractivity contribution in [2.45, 2.75) is 0 Å². The van der Waals surface area contributed by atoms with Crippen LogP contribution >= 0.6 is 34.8 Å². The zero-order valence-corrected chi connectivity index (χ0v) is 15.5. The molecule has 130 valence electrons. The number of nitrogens with zero attached hydrogens (tertiary/aromatic N) is 1. The van der Waals surface area contributed by atoms with Gasteiger partial charge in [0, 0.05) is 10.6 Å². The van der Waals surface area contributed by atoms with Gasteiger partial charge in [-0.05, 0) is 30.3 Å². The SMILES string of the molecule is C#CCOc1c(Cl)cc(Cl)cc1/C=C(\C#N)C(=O)Nc1ccccc1Cl. The number of carbonyl (C=O) groups excluding carboxylic acids is 1. The van der Waals surface area contributed by atoms with E-state index >= 15 is 0 Å². The van der Waals surface area contributed by atoms with Gasteiger partial charge < -0.3 is 10.1 Å². The van der Waals surface area contributed by atoms with Gasteiger partial charge >= 0.3 is 0 Å². The van der Waals surface area contributed by atoms with E-state index in [0.29, 0.717) is 21.3 Å². The van der Waals surface area contributed by atoms with E-state index in [1.807, 2.05) is 6.07 Å². The summed E-state index contributed by atoms with van der Waals surface area (Å²) in [6, 6.07) is 11.5. The fraction of sp³-hybridized carbons (Fsp3) is 0.0526. The second-order valence-corrected chi connectivity index (χ2v) is 6.15. The summed E-state index contributed by atoms with van der Waals surface area (Å²) in [4.78, 5) is 12.4. The van der Waals surface area contributed by atoms with Crippen LogP contribution in [0.15, 0.2) is 42.0 Å². The fourth-order valence-corrected chi connectivity index (χ4v) is 2.76. The lowest BCUT2D eigenvalue weighted by molar-refractivity contribution is -0.112. The first-order valence-corrected chi connectivity index (χ1v) is 8.32. The van der Waals surface area contributed by atoms with Gasteiger partial charge in [0.15, 0.2) is 0 Å². The van der Waals surface area contributed by atoms with Crippen LogP contribution in [-0.2, 0) is 4.79 Å². The molecule has 0 bridgehead atoms. The minimum Gasteiger partial charge on any atom is -0.479 e. The number of hydrogen-bond acceptors (Lipinski definition) is 3. The fourth-order valence-electron chi connectivity index (χ4n) is 2.01. The van der Waals surface area contributed by atoms with Crippen molar-refractivity contribution in [2.75, 3.05) is 11.9 Å². The average molecular weight is 406 g/mol. The normalized spacial score (nSPS) is 10.6. The maximum atomic E-state index is 12.4. The first-order valence-electron chi connectivity index (χ1n) is 7.19. The Kier molecular flexibility index (Phi) is 6.95. The molecule has 2 aromatic carbocycles. The number of halogens is 3. The number of anilines is 1. The van der Waals surface area contributed by atoms with Crippen LogP contribution < -0.4 is 10.1 Å². The van der Waals surface area contributed by atoms with Crippen molar-refractivity contribution in [3.05, 3.63) is 62.6 Å². The van der Waals surface area contributed by atoms with Crippen molar-refractivity contribution in [3.8, 4) is 24.2 Å². The zero-order chi connectivity index (χ0) is 19.1. The van der Waals surface area contributed by atoms with Gasteiger partial charge in [-0.2, -0.15) is 5.26 Å². The van der Waals surface area contributed by atoms with Gasteiger partial charge in [0.05, 0.1) is 15.7 Å². The van der Waals surface area contributed by atoms with Crippen molar-refractivity contribution in [1.29, 1.82) is 5.26 Å². The highest BCUT2D eigenvalue weighted by molar-refractivity contribution is 6.36. The number of hydrogen-bond donors (Lipinski definition) is 1. The average Bonchev–Trinajstić information content (AvgIpc) is 2.60. The maximum Gasteiger partial charge on any atom is 0.266 e. The number of rotatable bonds is 5. The molecule has 0 fully saturated rings. The van der Waals surface area contributed by atoms with Crippen molar-refractivity contribution >= 4 is 52.5 Å². The summed E-state index contributed by atoms with van der Waals surface area (Å²) < 4.78 is 5.40. The summed E-state index contributed by atoms with van der Waals surface area (Å²) in [5.41, 5.74) is 0.547. The maximum absolute atomic E-state index is 12.4. The van der Waals surface area contributed by atoms with Crippen LogP contribution in [0.5, 0.6) is 5.75 Å². The number of amides is 1. The van der Waals surface area contributed by atoms with Crippen LogP contribution in [0, 0.1) is 23.7 Å². The van der Waals surface area contributed by atoms with E-state index in [0.717, 1.165) is 0 Å². The number of para-hydroxylation sites is 1. The molecule has 0 unspecified atom stereocenters. The Morgan fingerprint density at radius 3 is 2.62 bits per heavy atom. The number of terminal acetylenes is 1. The highest BCUT2D eigenvalue weighted by Gasteiger charge is 2.15. The highest BCUT2D eigenvalue weighted by Crippen LogP contribution is 2.34. The minimum atomic E-state index is -0.639. The van der Waals surface area contributed by atoms with Gasteiger partial charge in [-0.1, -0.05) is 52.9 Å². The number of carbonyl (C=O) groups is 1. The van der Waals surface area contributed by atoms with Crippen LogP contribution in [0.3, 0.4) is 0 Å². The molecule has 0 saturated heterocycles. The summed E-state index contributed by atoms with van der Waals surface area (Å²) in [5.74, 6) is 1.91. The number of nitriles is 1. The van der Waals surface area contributed by atoms with Crippen molar-refractivity contribution in [1.82, 2.24) is 0 Å². The third-order valence-electron chi connectivity index (χ3n) is 3.12. The van der Waals surface area contributed by atoms with Crippen molar-refractivity contribution < 1.29 is 9.53 Å². The lowest BCUT2D eigenvalue weighted by Crippen LogP contribution is -2.13. The second-order valence-electron chi connectivity index (χ2n) is 4.90. The van der Waals surface area contributed by atoms with Crippen LogP contribution in [0.2, 0.25) is 15.1 Å². The molecule has 0 aliphatic heterocycles. The van der Waals surface area contributed by atoms with Crippen LogP contribution in [0.25, 0.3) is 6.08 Å². The lowest BCUT2D eigenvalue weighted by atomic mass is 10.1. The first-order chi connectivity index (χ1) is 12.5. The second kappa shape index (κ2) is 9.17. The molecule has 0 atom stereocenters. The van der Waals surface area contributed by atoms with Crippen molar-refractivity contribution in [2.24, 2.45) is 0 Å². The molecule has 1 N–H and O–H groups in total. The molecular formula is C19H11Cl3N2O2. The standard InChI is InChI=1S/C19H11Cl3N2O2/c1-2-7-26-18-12(9-14(20)10-16(18)22)8-13(11-23)19(25)24-17-6-4-3-5-15(17)21/h1,3-6,8-10H,7H2,(H,24,25)/b13-8+. The summed E-state index contributed by atoms with van der Waals surface area (Å²) in [6.45, 7) is -0.0318. The number of nitrogens with one attached hydrogen (secondary N) is 1. The Hall–Kier alpha value is -2.63. The van der Waals surface area contributed by atoms with Crippen LogP contribution in [0.1, 0.15) is 5.56 Å². The monoisotopic (exact) mass is 404 g/mol. The largest absolute Gasteiger partial charge is 0.479 e. The quantitative estimate of drug-likeness (QED) is 0.422. The predicted octanol–water partition coefficient (Wildman–Crippen LogP) is 5.20. The molecule has 0 aliphatic carbocycles. The van der Waals surface area contributed by atoms with E-state index in [9.17, 15) is 10.1 Å². The Bertz CT molecular complexity index is 956. The molecule has 26 heavy (non-hydrogen) atoms. The summed E-state index contributed by atoms with van der Waals surface area (Å²) in [7, 11) is 0. The summed E-state index contributed by atoms with van der Waals surface area (Å²) >= 11 is 18.1. The molecule has 0 aliphatic rings. The Morgan fingerprint density at radius 1 is 1.23 bits per heavy atom. The number of benzene rings is 2. The Balaban J connectivity index is 2.39. The molecule has 0 aromatic heterocycles. The summed E-state index contributed by atoms with van der Waals surface area (Å²) in [5, 5.41) is 12.8. The van der Waals surface area contributed by atoms with E-state index in [1.54, 1.807) is 24.3 Å². The molecule has 7 heteroatoms. The van der Waals surface area contributed by atoms with E-state index in [4.69, 9.17) is 46.0 Å². The molecule has 4 nitrogen and oxygen atoms in total. The van der Waals surface area contributed by atoms with Gasteiger partial charge in [-0.3, -0.25) is 4.79 Å². The van der Waals surface area contributed by atoms with Gasteiger partial charge in [0.25, 0.3) is 5.91 Å². The third-order valence-corrected chi connectivity index (χ3v) is 3.95. The van der Waals surface area contributed by atoms with E-state index < -0.39 is 5.91 Å². The van der Waals surface area contributed by atoms with E-state index in [2.05, 4.69) is 11.2 Å². The Labute approximate surface area is 165 Å².